The molecule has 6 nitrogen and oxygen atoms in total. The molecule has 1 atom stereocenters. The van der Waals surface area contributed by atoms with Crippen LogP contribution in [0.15, 0.2) is 36.4 Å². The molecular weight excluding hydrogens is 306 g/mol. The van der Waals surface area contributed by atoms with Crippen LogP contribution in [0.25, 0.3) is 10.9 Å². The highest BCUT2D eigenvalue weighted by Gasteiger charge is 2.24. The van der Waals surface area contributed by atoms with Gasteiger partial charge in [0.1, 0.15) is 11.6 Å². The summed E-state index contributed by atoms with van der Waals surface area (Å²) in [4.78, 5) is 28.6. The van der Waals surface area contributed by atoms with Crippen molar-refractivity contribution < 1.29 is 14.3 Å². The zero-order valence-corrected chi connectivity index (χ0v) is 14.4. The van der Waals surface area contributed by atoms with Gasteiger partial charge in [-0.25, -0.2) is 4.79 Å². The van der Waals surface area contributed by atoms with Crippen molar-refractivity contribution in [1.82, 2.24) is 15.6 Å². The fourth-order valence-corrected chi connectivity index (χ4v) is 2.26. The molecule has 6 heteroatoms. The van der Waals surface area contributed by atoms with Crippen LogP contribution in [-0.2, 0) is 16.0 Å². The van der Waals surface area contributed by atoms with Crippen molar-refractivity contribution in [2.24, 2.45) is 0 Å². The van der Waals surface area contributed by atoms with E-state index in [1.54, 1.807) is 20.8 Å². The van der Waals surface area contributed by atoms with Gasteiger partial charge in [-0.2, -0.15) is 0 Å². The second-order valence-electron chi connectivity index (χ2n) is 6.51. The van der Waals surface area contributed by atoms with E-state index in [0.29, 0.717) is 0 Å². The van der Waals surface area contributed by atoms with E-state index < -0.39 is 17.7 Å². The molecular formula is C18H23N3O3. The quantitative estimate of drug-likeness (QED) is 0.903. The number of aromatic nitrogens is 1. The first kappa shape index (κ1) is 17.7. The summed E-state index contributed by atoms with van der Waals surface area (Å²) in [6, 6.07) is 10.8. The average molecular weight is 329 g/mol. The highest BCUT2D eigenvalue weighted by atomic mass is 16.6. The second kappa shape index (κ2) is 7.29. The Morgan fingerprint density at radius 3 is 2.54 bits per heavy atom. The molecule has 0 bridgehead atoms. The monoisotopic (exact) mass is 329 g/mol. The van der Waals surface area contributed by atoms with E-state index in [0.717, 1.165) is 16.6 Å². The van der Waals surface area contributed by atoms with Gasteiger partial charge in [-0.05, 0) is 32.9 Å². The molecule has 24 heavy (non-hydrogen) atoms. The summed E-state index contributed by atoms with van der Waals surface area (Å²) in [6.07, 6.45) is -0.346. The molecule has 2 N–H and O–H groups in total. The van der Waals surface area contributed by atoms with Crippen LogP contribution in [0.3, 0.4) is 0 Å². The smallest absolute Gasteiger partial charge is 0.408 e. The number of nitrogens with zero attached hydrogens (tertiary/aromatic N) is 1. The van der Waals surface area contributed by atoms with E-state index in [1.807, 2.05) is 36.4 Å². The number of para-hydroxylation sites is 1. The number of benzene rings is 1. The Hall–Kier alpha value is -2.63. The highest BCUT2D eigenvalue weighted by Crippen LogP contribution is 2.13. The van der Waals surface area contributed by atoms with E-state index in [1.165, 1.54) is 7.05 Å². The first-order chi connectivity index (χ1) is 11.3. The number of ether oxygens (including phenoxy) is 1. The lowest BCUT2D eigenvalue weighted by atomic mass is 10.1. The fraction of sp³-hybridized carbons (Fsp3) is 0.389. The molecule has 0 fully saturated rings. The number of pyridine rings is 1. The number of carbonyl (C=O) groups is 2. The van der Waals surface area contributed by atoms with Crippen molar-refractivity contribution in [3.63, 3.8) is 0 Å². The normalized spacial score (nSPS) is 12.5. The van der Waals surface area contributed by atoms with Gasteiger partial charge in [-0.1, -0.05) is 24.3 Å². The minimum Gasteiger partial charge on any atom is -0.444 e. The van der Waals surface area contributed by atoms with Gasteiger partial charge in [0.05, 0.1) is 5.52 Å². The van der Waals surface area contributed by atoms with Crippen LogP contribution in [0.4, 0.5) is 4.79 Å². The highest BCUT2D eigenvalue weighted by molar-refractivity contribution is 5.86. The lowest BCUT2D eigenvalue weighted by Crippen LogP contribution is -2.48. The Bertz CT molecular complexity index is 738. The number of nitrogens with one attached hydrogen (secondary N) is 2. The average Bonchev–Trinajstić information content (AvgIpc) is 2.51. The molecule has 0 aliphatic heterocycles. The number of carbonyl (C=O) groups excluding carboxylic acids is 2. The third-order valence-electron chi connectivity index (χ3n) is 3.32. The fourth-order valence-electron chi connectivity index (χ4n) is 2.26. The predicted molar refractivity (Wildman–Crippen MR) is 92.7 cm³/mol. The number of fused-ring (bicyclic) bond motifs is 1. The SMILES string of the molecule is CNC(=O)[C@H](Cc1ccc2ccccc2n1)NC(=O)OC(C)(C)C. The van der Waals surface area contributed by atoms with Crippen LogP contribution in [0, 0.1) is 0 Å². The molecule has 0 radical (unpaired) electrons. The number of hydrogen-bond acceptors (Lipinski definition) is 4. The Balaban J connectivity index is 2.15. The van der Waals surface area contributed by atoms with Crippen molar-refractivity contribution in [3.05, 3.63) is 42.1 Å². The number of likely N-dealkylation sites (N-methyl/N-ethyl adjacent to an activating group) is 1. The van der Waals surface area contributed by atoms with E-state index in [4.69, 9.17) is 4.74 Å². The molecule has 2 aromatic rings. The van der Waals surface area contributed by atoms with Crippen LogP contribution >= 0.6 is 0 Å². The second-order valence-corrected chi connectivity index (χ2v) is 6.51. The molecule has 0 aliphatic carbocycles. The Kier molecular flexibility index (Phi) is 5.39. The Morgan fingerprint density at radius 1 is 1.17 bits per heavy atom. The molecule has 1 aromatic heterocycles. The molecule has 128 valence electrons. The van der Waals surface area contributed by atoms with E-state index >= 15 is 0 Å². The summed E-state index contributed by atoms with van der Waals surface area (Å²) < 4.78 is 5.22. The van der Waals surface area contributed by atoms with Gasteiger partial charge in [0.2, 0.25) is 5.91 Å². The minimum absolute atomic E-state index is 0.281. The summed E-state index contributed by atoms with van der Waals surface area (Å²) >= 11 is 0. The zero-order chi connectivity index (χ0) is 17.7. The molecule has 1 heterocycles. The number of hydrogen-bond donors (Lipinski definition) is 2. The van der Waals surface area contributed by atoms with Gasteiger partial charge in [0.15, 0.2) is 0 Å². The van der Waals surface area contributed by atoms with Crippen molar-refractivity contribution in [2.45, 2.75) is 38.8 Å². The van der Waals surface area contributed by atoms with Gasteiger partial charge >= 0.3 is 6.09 Å². The van der Waals surface area contributed by atoms with Crippen molar-refractivity contribution in [3.8, 4) is 0 Å². The molecule has 0 unspecified atom stereocenters. The molecule has 0 saturated carbocycles. The topological polar surface area (TPSA) is 80.3 Å². The summed E-state index contributed by atoms with van der Waals surface area (Å²) in [5.74, 6) is -0.296. The van der Waals surface area contributed by atoms with E-state index in [-0.39, 0.29) is 12.3 Å². The number of amides is 2. The summed E-state index contributed by atoms with van der Waals surface area (Å²) in [5, 5.41) is 6.19. The van der Waals surface area contributed by atoms with Gasteiger partial charge < -0.3 is 15.4 Å². The standard InChI is InChI=1S/C18H23N3O3/c1-18(2,3)24-17(23)21-15(16(22)19-4)11-13-10-9-12-7-5-6-8-14(12)20-13/h5-10,15H,11H2,1-4H3,(H,19,22)(H,21,23)/t15-/m0/s1. The van der Waals surface area contributed by atoms with Crippen molar-refractivity contribution >= 4 is 22.9 Å². The van der Waals surface area contributed by atoms with Crippen molar-refractivity contribution in [2.75, 3.05) is 7.05 Å². The van der Waals surface area contributed by atoms with E-state index in [2.05, 4.69) is 15.6 Å². The summed E-state index contributed by atoms with van der Waals surface area (Å²) in [7, 11) is 1.53. The van der Waals surface area contributed by atoms with Crippen LogP contribution in [-0.4, -0.2) is 35.7 Å². The zero-order valence-electron chi connectivity index (χ0n) is 14.4. The lowest BCUT2D eigenvalue weighted by Gasteiger charge is -2.23. The van der Waals surface area contributed by atoms with Crippen LogP contribution < -0.4 is 10.6 Å². The number of rotatable bonds is 4. The van der Waals surface area contributed by atoms with Gasteiger partial charge in [-0.15, -0.1) is 0 Å². The number of alkyl carbamates (subject to hydrolysis) is 1. The molecule has 2 amide bonds. The molecule has 0 aliphatic rings. The summed E-state index contributed by atoms with van der Waals surface area (Å²) in [6.45, 7) is 5.31. The largest absolute Gasteiger partial charge is 0.444 e. The first-order valence-corrected chi connectivity index (χ1v) is 7.84. The van der Waals surface area contributed by atoms with Crippen molar-refractivity contribution in [1.29, 1.82) is 0 Å². The Labute approximate surface area is 141 Å². The van der Waals surface area contributed by atoms with Crippen LogP contribution in [0.2, 0.25) is 0 Å². The molecule has 0 saturated heterocycles. The van der Waals surface area contributed by atoms with Gasteiger partial charge in [0.25, 0.3) is 0 Å². The maximum Gasteiger partial charge on any atom is 0.408 e. The maximum atomic E-state index is 12.1. The van der Waals surface area contributed by atoms with Crippen LogP contribution in [0.1, 0.15) is 26.5 Å². The third-order valence-corrected chi connectivity index (χ3v) is 3.32. The predicted octanol–water partition coefficient (Wildman–Crippen LogP) is 2.42. The molecule has 1 aromatic carbocycles. The summed E-state index contributed by atoms with van der Waals surface area (Å²) in [5.41, 5.74) is 0.944. The first-order valence-electron chi connectivity index (χ1n) is 7.84. The van der Waals surface area contributed by atoms with Gasteiger partial charge in [-0.3, -0.25) is 9.78 Å². The minimum atomic E-state index is -0.751. The lowest BCUT2D eigenvalue weighted by molar-refractivity contribution is -0.122. The van der Waals surface area contributed by atoms with Crippen LogP contribution in [0.5, 0.6) is 0 Å². The van der Waals surface area contributed by atoms with E-state index in [9.17, 15) is 9.59 Å². The third kappa shape index (κ3) is 4.94. The van der Waals surface area contributed by atoms with Gasteiger partial charge in [0, 0.05) is 24.5 Å². The molecule has 0 spiro atoms. The Morgan fingerprint density at radius 2 is 1.88 bits per heavy atom. The maximum absolute atomic E-state index is 12.1. The molecule has 2 rings (SSSR count).